The normalized spacial score (nSPS) is 16.0. The minimum absolute atomic E-state index is 0.158. The van der Waals surface area contributed by atoms with Crippen LogP contribution in [0.2, 0.25) is 0 Å². The molecule has 1 heterocycles. The molecule has 0 saturated carbocycles. The van der Waals surface area contributed by atoms with Crippen molar-refractivity contribution in [3.63, 3.8) is 0 Å². The SMILES string of the molecule is CC1CCN(/C=C(/C#N)C(=O)NCCc2ccc(O)cc2)CC1. The lowest BCUT2D eigenvalue weighted by atomic mass is 9.99. The number of phenols is 1. The van der Waals surface area contributed by atoms with E-state index < -0.39 is 0 Å². The maximum absolute atomic E-state index is 12.1. The predicted octanol–water partition coefficient (Wildman–Crippen LogP) is 2.19. The van der Waals surface area contributed by atoms with Crippen LogP contribution in [0.25, 0.3) is 0 Å². The second-order valence-electron chi connectivity index (χ2n) is 6.05. The van der Waals surface area contributed by atoms with Crippen LogP contribution in [-0.2, 0) is 11.2 Å². The van der Waals surface area contributed by atoms with Crippen LogP contribution in [0.3, 0.4) is 0 Å². The number of hydrogen-bond acceptors (Lipinski definition) is 4. The number of nitriles is 1. The summed E-state index contributed by atoms with van der Waals surface area (Å²) in [6, 6.07) is 8.86. The lowest BCUT2D eigenvalue weighted by Crippen LogP contribution is -2.31. The Balaban J connectivity index is 1.83. The number of carbonyl (C=O) groups excluding carboxylic acids is 1. The highest BCUT2D eigenvalue weighted by molar-refractivity contribution is 5.97. The van der Waals surface area contributed by atoms with E-state index >= 15 is 0 Å². The van der Waals surface area contributed by atoms with Gasteiger partial charge in [-0.05, 0) is 42.9 Å². The molecule has 2 rings (SSSR count). The van der Waals surface area contributed by atoms with Gasteiger partial charge in [-0.15, -0.1) is 0 Å². The minimum Gasteiger partial charge on any atom is -0.508 e. The van der Waals surface area contributed by atoms with E-state index in [9.17, 15) is 15.2 Å². The van der Waals surface area contributed by atoms with E-state index in [1.54, 1.807) is 18.3 Å². The van der Waals surface area contributed by atoms with Gasteiger partial charge < -0.3 is 15.3 Å². The topological polar surface area (TPSA) is 76.4 Å². The molecular formula is C18H23N3O2. The number of rotatable bonds is 5. The Bertz CT molecular complexity index is 594. The molecule has 0 aromatic heterocycles. The third-order valence-electron chi connectivity index (χ3n) is 4.13. The van der Waals surface area contributed by atoms with Gasteiger partial charge in [0, 0.05) is 25.8 Å². The molecule has 5 nitrogen and oxygen atoms in total. The number of likely N-dealkylation sites (tertiary alicyclic amines) is 1. The molecule has 0 unspecified atom stereocenters. The summed E-state index contributed by atoms with van der Waals surface area (Å²) in [5.41, 5.74) is 1.18. The van der Waals surface area contributed by atoms with Crippen molar-refractivity contribution >= 4 is 5.91 Å². The van der Waals surface area contributed by atoms with Crippen LogP contribution < -0.4 is 5.32 Å². The molecule has 0 radical (unpaired) electrons. The Labute approximate surface area is 137 Å². The summed E-state index contributed by atoms with van der Waals surface area (Å²) >= 11 is 0. The van der Waals surface area contributed by atoms with Gasteiger partial charge >= 0.3 is 0 Å². The first-order valence-electron chi connectivity index (χ1n) is 8.00. The van der Waals surface area contributed by atoms with Crippen LogP contribution in [0.4, 0.5) is 0 Å². The van der Waals surface area contributed by atoms with Crippen molar-refractivity contribution in [1.82, 2.24) is 10.2 Å². The number of carbonyl (C=O) groups is 1. The molecule has 1 aromatic rings. The molecule has 1 saturated heterocycles. The highest BCUT2D eigenvalue weighted by Crippen LogP contribution is 2.16. The number of hydrogen-bond donors (Lipinski definition) is 2. The third-order valence-corrected chi connectivity index (χ3v) is 4.13. The van der Waals surface area contributed by atoms with Crippen LogP contribution in [0.1, 0.15) is 25.3 Å². The van der Waals surface area contributed by atoms with Gasteiger partial charge in [0.1, 0.15) is 17.4 Å². The molecule has 1 aromatic carbocycles. The summed E-state index contributed by atoms with van der Waals surface area (Å²) in [5, 5.41) is 21.2. The van der Waals surface area contributed by atoms with E-state index in [1.807, 2.05) is 18.2 Å². The fraction of sp³-hybridized carbons (Fsp3) is 0.444. The molecule has 0 atom stereocenters. The molecular weight excluding hydrogens is 290 g/mol. The Morgan fingerprint density at radius 1 is 1.39 bits per heavy atom. The summed E-state index contributed by atoms with van der Waals surface area (Å²) in [6.45, 7) is 4.47. The molecule has 1 aliphatic rings. The Morgan fingerprint density at radius 3 is 2.65 bits per heavy atom. The first kappa shape index (κ1) is 16.9. The number of amides is 1. The second kappa shape index (κ2) is 8.23. The molecule has 23 heavy (non-hydrogen) atoms. The zero-order valence-corrected chi connectivity index (χ0v) is 13.5. The monoisotopic (exact) mass is 313 g/mol. The van der Waals surface area contributed by atoms with E-state index in [-0.39, 0.29) is 17.2 Å². The first-order chi connectivity index (χ1) is 11.1. The van der Waals surface area contributed by atoms with Crippen LogP contribution in [0.15, 0.2) is 36.0 Å². The smallest absolute Gasteiger partial charge is 0.263 e. The van der Waals surface area contributed by atoms with E-state index in [1.165, 1.54) is 0 Å². The van der Waals surface area contributed by atoms with Crippen molar-refractivity contribution in [2.45, 2.75) is 26.2 Å². The van der Waals surface area contributed by atoms with Crippen molar-refractivity contribution in [3.8, 4) is 11.8 Å². The van der Waals surface area contributed by atoms with Crippen LogP contribution in [-0.4, -0.2) is 35.5 Å². The van der Waals surface area contributed by atoms with E-state index in [2.05, 4.69) is 17.1 Å². The lowest BCUT2D eigenvalue weighted by molar-refractivity contribution is -0.117. The average molecular weight is 313 g/mol. The van der Waals surface area contributed by atoms with Gasteiger partial charge in [-0.2, -0.15) is 5.26 Å². The number of nitrogens with zero attached hydrogens (tertiary/aromatic N) is 2. The lowest BCUT2D eigenvalue weighted by Gasteiger charge is -2.29. The summed E-state index contributed by atoms with van der Waals surface area (Å²) in [5.74, 6) is 0.609. The summed E-state index contributed by atoms with van der Waals surface area (Å²) in [6.07, 6.45) is 4.53. The molecule has 1 aliphatic heterocycles. The maximum atomic E-state index is 12.1. The fourth-order valence-corrected chi connectivity index (χ4v) is 2.56. The van der Waals surface area contributed by atoms with E-state index in [0.29, 0.717) is 18.9 Å². The molecule has 122 valence electrons. The number of piperidine rings is 1. The molecule has 0 aliphatic carbocycles. The summed E-state index contributed by atoms with van der Waals surface area (Å²) in [4.78, 5) is 14.1. The zero-order valence-electron chi connectivity index (χ0n) is 13.5. The quantitative estimate of drug-likeness (QED) is 0.645. The zero-order chi connectivity index (χ0) is 16.7. The van der Waals surface area contributed by atoms with Crippen molar-refractivity contribution in [2.75, 3.05) is 19.6 Å². The van der Waals surface area contributed by atoms with Gasteiger partial charge in [-0.25, -0.2) is 0 Å². The molecule has 2 N–H and O–H groups in total. The number of aromatic hydroxyl groups is 1. The van der Waals surface area contributed by atoms with Gasteiger partial charge in [-0.3, -0.25) is 4.79 Å². The summed E-state index contributed by atoms with van der Waals surface area (Å²) < 4.78 is 0. The van der Waals surface area contributed by atoms with Gasteiger partial charge in [0.25, 0.3) is 5.91 Å². The average Bonchev–Trinajstić information content (AvgIpc) is 2.56. The first-order valence-corrected chi connectivity index (χ1v) is 8.00. The summed E-state index contributed by atoms with van der Waals surface area (Å²) in [7, 11) is 0. The van der Waals surface area contributed by atoms with Crippen molar-refractivity contribution in [2.24, 2.45) is 5.92 Å². The number of nitrogens with one attached hydrogen (secondary N) is 1. The molecule has 5 heteroatoms. The van der Waals surface area contributed by atoms with Gasteiger partial charge in [0.2, 0.25) is 0 Å². The maximum Gasteiger partial charge on any atom is 0.263 e. The molecule has 0 bridgehead atoms. The molecule has 1 fully saturated rings. The Kier molecular flexibility index (Phi) is 6.04. The van der Waals surface area contributed by atoms with E-state index in [4.69, 9.17) is 0 Å². The number of phenolic OH excluding ortho intramolecular Hbond substituents is 1. The molecule has 1 amide bonds. The molecule has 0 spiro atoms. The predicted molar refractivity (Wildman–Crippen MR) is 88.5 cm³/mol. The van der Waals surface area contributed by atoms with Gasteiger partial charge in [-0.1, -0.05) is 19.1 Å². The largest absolute Gasteiger partial charge is 0.508 e. The Morgan fingerprint density at radius 2 is 2.04 bits per heavy atom. The Hall–Kier alpha value is -2.48. The minimum atomic E-state index is -0.329. The van der Waals surface area contributed by atoms with Gasteiger partial charge in [0.15, 0.2) is 0 Å². The van der Waals surface area contributed by atoms with E-state index in [0.717, 1.165) is 31.5 Å². The standard InChI is InChI=1S/C18H23N3O2/c1-14-7-10-21(11-8-14)13-16(12-19)18(23)20-9-6-15-2-4-17(22)5-3-15/h2-5,13-14,22H,6-11H2,1H3,(H,20,23)/b16-13-. The van der Waals surface area contributed by atoms with Crippen LogP contribution in [0.5, 0.6) is 5.75 Å². The van der Waals surface area contributed by atoms with Crippen molar-refractivity contribution < 1.29 is 9.90 Å². The van der Waals surface area contributed by atoms with Crippen LogP contribution >= 0.6 is 0 Å². The second-order valence-corrected chi connectivity index (χ2v) is 6.05. The van der Waals surface area contributed by atoms with Crippen molar-refractivity contribution in [1.29, 1.82) is 5.26 Å². The highest BCUT2D eigenvalue weighted by atomic mass is 16.3. The van der Waals surface area contributed by atoms with Gasteiger partial charge in [0.05, 0.1) is 0 Å². The number of benzene rings is 1. The fourth-order valence-electron chi connectivity index (χ4n) is 2.56. The van der Waals surface area contributed by atoms with Crippen molar-refractivity contribution in [3.05, 3.63) is 41.6 Å². The third kappa shape index (κ3) is 5.33. The highest BCUT2D eigenvalue weighted by Gasteiger charge is 2.16. The van der Waals surface area contributed by atoms with Crippen LogP contribution in [0, 0.1) is 17.2 Å².